The number of hydrogen-bond donors (Lipinski definition) is 4. The molecule has 0 bridgehead atoms. The Morgan fingerprint density at radius 2 is 1.27 bits per heavy atom. The average molecular weight is 432 g/mol. The third kappa shape index (κ3) is 15.9. The quantitative estimate of drug-likeness (QED) is 0.194. The smallest absolute Gasteiger partial charge is 0.189 e. The van der Waals surface area contributed by atoms with Crippen LogP contribution in [-0.2, 0) is 14.3 Å². The molecule has 0 saturated carbocycles. The summed E-state index contributed by atoms with van der Waals surface area (Å²) in [6.07, 6.45) is 13.4. The van der Waals surface area contributed by atoms with Gasteiger partial charge in [-0.05, 0) is 6.42 Å². The monoisotopic (exact) mass is 431 g/mol. The van der Waals surface area contributed by atoms with Gasteiger partial charge in [-0.2, -0.15) is 0 Å². The molecule has 0 aliphatic rings. The zero-order chi connectivity index (χ0) is 22.6. The van der Waals surface area contributed by atoms with Gasteiger partial charge in [0, 0.05) is 6.42 Å². The number of aliphatic hydroxyl groups excluding tert-OH is 3. The van der Waals surface area contributed by atoms with Crippen molar-refractivity contribution in [3.63, 3.8) is 0 Å². The fourth-order valence-electron chi connectivity index (χ4n) is 3.30. The van der Waals surface area contributed by atoms with E-state index >= 15 is 0 Å². The lowest BCUT2D eigenvalue weighted by Gasteiger charge is -2.21. The number of Topliss-reactive ketones (excluding diaryl/α,β-unsaturated/α-hetero) is 2. The van der Waals surface area contributed by atoms with Crippen molar-refractivity contribution in [3.8, 4) is 0 Å². The van der Waals surface area contributed by atoms with Crippen molar-refractivity contribution in [1.29, 1.82) is 0 Å². The third-order valence-electron chi connectivity index (χ3n) is 5.37. The topological polar surface area (TPSA) is 130 Å². The second-order valence-corrected chi connectivity index (χ2v) is 8.27. The molecule has 0 fully saturated rings. The molecule has 0 aliphatic carbocycles. The van der Waals surface area contributed by atoms with Crippen LogP contribution in [0.2, 0.25) is 0 Å². The Kier molecular flexibility index (Phi) is 19.5. The van der Waals surface area contributed by atoms with Crippen molar-refractivity contribution >= 4 is 11.6 Å². The summed E-state index contributed by atoms with van der Waals surface area (Å²) in [6, 6.07) is -1.11. The maximum Gasteiger partial charge on any atom is 0.189 e. The van der Waals surface area contributed by atoms with Gasteiger partial charge in [-0.1, -0.05) is 84.0 Å². The van der Waals surface area contributed by atoms with Crippen LogP contribution >= 0.6 is 0 Å². The predicted molar refractivity (Wildman–Crippen MR) is 118 cm³/mol. The first-order chi connectivity index (χ1) is 14.4. The Hall–Kier alpha value is -0.860. The Morgan fingerprint density at radius 1 is 0.800 bits per heavy atom. The van der Waals surface area contributed by atoms with Crippen LogP contribution in [0.5, 0.6) is 0 Å². The number of carbonyl (C=O) groups excluding carboxylic acids is 2. The van der Waals surface area contributed by atoms with Crippen molar-refractivity contribution < 1.29 is 29.6 Å². The molecule has 0 saturated heterocycles. The van der Waals surface area contributed by atoms with Crippen molar-refractivity contribution in [2.75, 3.05) is 19.8 Å². The highest BCUT2D eigenvalue weighted by Crippen LogP contribution is 2.13. The zero-order valence-corrected chi connectivity index (χ0v) is 18.9. The first kappa shape index (κ1) is 29.1. The predicted octanol–water partition coefficient (Wildman–Crippen LogP) is 2.66. The third-order valence-corrected chi connectivity index (χ3v) is 5.37. The van der Waals surface area contributed by atoms with E-state index in [-0.39, 0.29) is 12.4 Å². The molecular weight excluding hydrogens is 386 g/mol. The van der Waals surface area contributed by atoms with Crippen molar-refractivity contribution in [2.45, 2.75) is 115 Å². The number of nitrogens with two attached hydrogens (primary N) is 1. The molecular formula is C23H45NO6. The van der Waals surface area contributed by atoms with Gasteiger partial charge in [0.05, 0.1) is 12.6 Å². The number of unbranched alkanes of at least 4 members (excludes halogenated alkanes) is 12. The Bertz CT molecular complexity index is 432. The zero-order valence-electron chi connectivity index (χ0n) is 18.9. The fraction of sp³-hybridized carbons (Fsp3) is 0.913. The van der Waals surface area contributed by atoms with Gasteiger partial charge in [-0.15, -0.1) is 0 Å². The second-order valence-electron chi connectivity index (χ2n) is 8.27. The van der Waals surface area contributed by atoms with Crippen molar-refractivity contribution in [1.82, 2.24) is 0 Å². The molecule has 0 aromatic rings. The molecule has 0 aliphatic heterocycles. The minimum Gasteiger partial charge on any atom is -0.395 e. The highest BCUT2D eigenvalue weighted by atomic mass is 16.5. The van der Waals surface area contributed by atoms with E-state index in [1.54, 1.807) is 0 Å². The molecule has 7 nitrogen and oxygen atoms in total. The van der Waals surface area contributed by atoms with Gasteiger partial charge < -0.3 is 25.8 Å². The van der Waals surface area contributed by atoms with Gasteiger partial charge in [0.1, 0.15) is 25.4 Å². The van der Waals surface area contributed by atoms with Crippen LogP contribution in [0.4, 0.5) is 0 Å². The van der Waals surface area contributed by atoms with Gasteiger partial charge in [-0.25, -0.2) is 0 Å². The SMILES string of the molecule is CCCCCCCCCCCCCCCC(=O)COCC(=O)[C@H](O)[C@H](O)[C@@H](N)CO. The highest BCUT2D eigenvalue weighted by molar-refractivity contribution is 5.85. The summed E-state index contributed by atoms with van der Waals surface area (Å²) in [5.41, 5.74) is 5.36. The molecule has 0 heterocycles. The van der Waals surface area contributed by atoms with Crippen LogP contribution in [0.15, 0.2) is 0 Å². The molecule has 0 radical (unpaired) electrons. The number of aliphatic hydroxyl groups is 3. The Balaban J connectivity index is 3.51. The Morgan fingerprint density at radius 3 is 1.73 bits per heavy atom. The molecule has 5 N–H and O–H groups in total. The lowest BCUT2D eigenvalue weighted by Crippen LogP contribution is -2.49. The van der Waals surface area contributed by atoms with Gasteiger partial charge in [0.2, 0.25) is 0 Å². The van der Waals surface area contributed by atoms with Gasteiger partial charge in [-0.3, -0.25) is 9.59 Å². The minimum atomic E-state index is -1.73. The van der Waals surface area contributed by atoms with Crippen LogP contribution in [0.3, 0.4) is 0 Å². The first-order valence-electron chi connectivity index (χ1n) is 11.8. The maximum absolute atomic E-state index is 11.8. The summed E-state index contributed by atoms with van der Waals surface area (Å²) in [4.78, 5) is 23.5. The summed E-state index contributed by atoms with van der Waals surface area (Å²) >= 11 is 0. The summed E-state index contributed by atoms with van der Waals surface area (Å²) < 4.78 is 5.03. The molecule has 178 valence electrons. The van der Waals surface area contributed by atoms with Crippen molar-refractivity contribution in [3.05, 3.63) is 0 Å². The van der Waals surface area contributed by atoms with E-state index in [1.807, 2.05) is 0 Å². The molecule has 0 rings (SSSR count). The van der Waals surface area contributed by atoms with E-state index in [0.29, 0.717) is 6.42 Å². The summed E-state index contributed by atoms with van der Waals surface area (Å²) in [5.74, 6) is -0.840. The van der Waals surface area contributed by atoms with Gasteiger partial charge >= 0.3 is 0 Å². The molecule has 0 unspecified atom stereocenters. The minimum absolute atomic E-state index is 0.0760. The summed E-state index contributed by atoms with van der Waals surface area (Å²) in [5, 5.41) is 28.0. The maximum atomic E-state index is 11.8. The second kappa shape index (κ2) is 20.1. The molecule has 0 spiro atoms. The number of carbonyl (C=O) groups is 2. The number of ether oxygens (including phenoxy) is 1. The van der Waals surface area contributed by atoms with Crippen LogP contribution in [0, 0.1) is 0 Å². The molecule has 0 amide bonds. The molecule has 30 heavy (non-hydrogen) atoms. The van der Waals surface area contributed by atoms with Crippen LogP contribution in [-0.4, -0.2) is 65.0 Å². The Labute approximate surface area is 182 Å². The largest absolute Gasteiger partial charge is 0.395 e. The van der Waals surface area contributed by atoms with E-state index in [1.165, 1.54) is 64.2 Å². The fourth-order valence-corrected chi connectivity index (χ4v) is 3.30. The van der Waals surface area contributed by atoms with E-state index in [0.717, 1.165) is 19.3 Å². The average Bonchev–Trinajstić information content (AvgIpc) is 2.75. The molecule has 3 atom stereocenters. The number of ketones is 2. The van der Waals surface area contributed by atoms with Crippen LogP contribution < -0.4 is 5.73 Å². The van der Waals surface area contributed by atoms with Gasteiger partial charge in [0.25, 0.3) is 0 Å². The first-order valence-corrected chi connectivity index (χ1v) is 11.8. The van der Waals surface area contributed by atoms with Crippen LogP contribution in [0.1, 0.15) is 96.8 Å². The van der Waals surface area contributed by atoms with E-state index in [9.17, 15) is 19.8 Å². The number of rotatable bonds is 22. The lowest BCUT2D eigenvalue weighted by molar-refractivity contribution is -0.140. The van der Waals surface area contributed by atoms with Crippen molar-refractivity contribution in [2.24, 2.45) is 5.73 Å². The van der Waals surface area contributed by atoms with Crippen LogP contribution in [0.25, 0.3) is 0 Å². The summed E-state index contributed by atoms with van der Waals surface area (Å²) in [6.45, 7) is 1.04. The van der Waals surface area contributed by atoms with E-state index < -0.39 is 37.2 Å². The highest BCUT2D eigenvalue weighted by Gasteiger charge is 2.28. The molecule has 0 aromatic carbocycles. The van der Waals surface area contributed by atoms with E-state index in [2.05, 4.69) is 6.92 Å². The lowest BCUT2D eigenvalue weighted by atomic mass is 10.0. The van der Waals surface area contributed by atoms with E-state index in [4.69, 9.17) is 15.6 Å². The van der Waals surface area contributed by atoms with Gasteiger partial charge in [0.15, 0.2) is 11.6 Å². The molecule has 0 aromatic heterocycles. The molecule has 7 heteroatoms. The normalized spacial score (nSPS) is 14.4. The standard InChI is InChI=1S/C23H45NO6/c1-2-3-4-5-6-7-8-9-10-11-12-13-14-15-19(26)17-30-18-21(27)23(29)22(28)20(24)16-25/h20,22-23,25,28-29H,2-18,24H2,1H3/t20-,22+,23-/m0/s1. The summed E-state index contributed by atoms with van der Waals surface area (Å²) in [7, 11) is 0. The number of hydrogen-bond acceptors (Lipinski definition) is 7.